The number of thiazole rings is 1. The number of nitrogens with one attached hydrogen (secondary N) is 2. The number of benzene rings is 1. The second-order valence-electron chi connectivity index (χ2n) is 5.45. The van der Waals surface area contributed by atoms with Crippen LogP contribution in [0.5, 0.6) is 0 Å². The highest BCUT2D eigenvalue weighted by Gasteiger charge is 2.26. The standard InChI is InChI=1S/C16H17N3O2S/c1-10(20)17-13-6-2-11(3-7-13)8-15(21)19-16-18-14(9-22-16)12-4-5-12/h2-3,6-7,9,12H,4-5,8H2,1H3,(H,17,20)(H,18,19,21). The summed E-state index contributed by atoms with van der Waals surface area (Å²) in [5.41, 5.74) is 2.72. The second-order valence-corrected chi connectivity index (χ2v) is 6.31. The van der Waals surface area contributed by atoms with Crippen LogP contribution in [0.25, 0.3) is 0 Å². The van der Waals surface area contributed by atoms with Crippen molar-refractivity contribution in [1.29, 1.82) is 0 Å². The van der Waals surface area contributed by atoms with E-state index < -0.39 is 0 Å². The van der Waals surface area contributed by atoms with Gasteiger partial charge in [0.2, 0.25) is 11.8 Å². The molecule has 1 aliphatic carbocycles. The Morgan fingerprint density at radius 3 is 2.59 bits per heavy atom. The summed E-state index contributed by atoms with van der Waals surface area (Å²) in [6.07, 6.45) is 2.70. The Bertz CT molecular complexity index is 690. The molecule has 0 spiro atoms. The van der Waals surface area contributed by atoms with Gasteiger partial charge in [0.25, 0.3) is 0 Å². The van der Waals surface area contributed by atoms with Gasteiger partial charge in [0.15, 0.2) is 5.13 Å². The van der Waals surface area contributed by atoms with Crippen LogP contribution >= 0.6 is 11.3 Å². The SMILES string of the molecule is CC(=O)Nc1ccc(CC(=O)Nc2nc(C3CC3)cs2)cc1. The summed E-state index contributed by atoms with van der Waals surface area (Å²) in [5, 5.41) is 8.23. The Kier molecular flexibility index (Phi) is 4.20. The number of carbonyl (C=O) groups excluding carboxylic acids is 2. The highest BCUT2D eigenvalue weighted by molar-refractivity contribution is 7.13. The summed E-state index contributed by atoms with van der Waals surface area (Å²) in [5.74, 6) is 0.410. The summed E-state index contributed by atoms with van der Waals surface area (Å²) < 4.78 is 0. The van der Waals surface area contributed by atoms with Gasteiger partial charge in [-0.15, -0.1) is 11.3 Å². The molecule has 1 aromatic carbocycles. The monoisotopic (exact) mass is 315 g/mol. The first-order valence-corrected chi connectivity index (χ1v) is 8.10. The predicted molar refractivity (Wildman–Crippen MR) is 87.2 cm³/mol. The first-order chi connectivity index (χ1) is 10.6. The molecule has 22 heavy (non-hydrogen) atoms. The highest BCUT2D eigenvalue weighted by atomic mass is 32.1. The number of rotatable bonds is 5. The van der Waals surface area contributed by atoms with Crippen molar-refractivity contribution in [3.63, 3.8) is 0 Å². The first kappa shape index (κ1) is 14.7. The van der Waals surface area contributed by atoms with Gasteiger partial charge in [-0.25, -0.2) is 4.98 Å². The summed E-state index contributed by atoms with van der Waals surface area (Å²) >= 11 is 1.48. The Morgan fingerprint density at radius 1 is 1.23 bits per heavy atom. The Labute approximate surface area is 132 Å². The van der Waals surface area contributed by atoms with E-state index in [4.69, 9.17) is 0 Å². The third-order valence-electron chi connectivity index (χ3n) is 3.40. The molecule has 0 radical (unpaired) electrons. The lowest BCUT2D eigenvalue weighted by molar-refractivity contribution is -0.116. The van der Waals surface area contributed by atoms with Crippen molar-refractivity contribution in [2.75, 3.05) is 10.6 Å². The quantitative estimate of drug-likeness (QED) is 0.890. The molecule has 1 aromatic heterocycles. The number of hydrogen-bond donors (Lipinski definition) is 2. The van der Waals surface area contributed by atoms with Crippen LogP contribution in [0.15, 0.2) is 29.6 Å². The molecule has 2 N–H and O–H groups in total. The first-order valence-electron chi connectivity index (χ1n) is 7.22. The van der Waals surface area contributed by atoms with Gasteiger partial charge in [0.1, 0.15) is 0 Å². The van der Waals surface area contributed by atoms with E-state index in [1.807, 2.05) is 17.5 Å². The molecular formula is C16H17N3O2S. The van der Waals surface area contributed by atoms with E-state index in [1.54, 1.807) is 12.1 Å². The van der Waals surface area contributed by atoms with Crippen LogP contribution in [-0.4, -0.2) is 16.8 Å². The summed E-state index contributed by atoms with van der Waals surface area (Å²) in [6, 6.07) is 7.25. The van der Waals surface area contributed by atoms with E-state index in [0.29, 0.717) is 17.5 Å². The van der Waals surface area contributed by atoms with Gasteiger partial charge in [-0.3, -0.25) is 9.59 Å². The fourth-order valence-electron chi connectivity index (χ4n) is 2.17. The van der Waals surface area contributed by atoms with Crippen LogP contribution in [0.3, 0.4) is 0 Å². The molecule has 0 unspecified atom stereocenters. The minimum absolute atomic E-state index is 0.0797. The van der Waals surface area contributed by atoms with Gasteiger partial charge in [-0.1, -0.05) is 12.1 Å². The molecule has 0 bridgehead atoms. The predicted octanol–water partition coefficient (Wildman–Crippen LogP) is 3.16. The molecule has 5 nitrogen and oxygen atoms in total. The number of aromatic nitrogens is 1. The zero-order valence-electron chi connectivity index (χ0n) is 12.3. The average molecular weight is 315 g/mol. The van der Waals surface area contributed by atoms with Crippen molar-refractivity contribution in [1.82, 2.24) is 4.98 Å². The van der Waals surface area contributed by atoms with Gasteiger partial charge in [-0.2, -0.15) is 0 Å². The lowest BCUT2D eigenvalue weighted by Crippen LogP contribution is -2.14. The molecule has 0 aliphatic heterocycles. The van der Waals surface area contributed by atoms with Crippen molar-refractivity contribution in [2.24, 2.45) is 0 Å². The Balaban J connectivity index is 1.55. The Hall–Kier alpha value is -2.21. The lowest BCUT2D eigenvalue weighted by atomic mass is 10.1. The summed E-state index contributed by atoms with van der Waals surface area (Å²) in [6.45, 7) is 1.46. The van der Waals surface area contributed by atoms with Crippen LogP contribution in [0.1, 0.15) is 36.9 Å². The minimum Gasteiger partial charge on any atom is -0.326 e. The smallest absolute Gasteiger partial charge is 0.230 e. The van der Waals surface area contributed by atoms with Crippen molar-refractivity contribution in [3.8, 4) is 0 Å². The molecule has 114 valence electrons. The van der Waals surface area contributed by atoms with Crippen LogP contribution in [0.4, 0.5) is 10.8 Å². The van der Waals surface area contributed by atoms with Crippen molar-refractivity contribution >= 4 is 34.0 Å². The van der Waals surface area contributed by atoms with E-state index in [-0.39, 0.29) is 11.8 Å². The minimum atomic E-state index is -0.110. The number of nitrogens with zero attached hydrogens (tertiary/aromatic N) is 1. The molecule has 1 aliphatic rings. The number of anilines is 2. The molecule has 2 amide bonds. The molecule has 0 atom stereocenters. The lowest BCUT2D eigenvalue weighted by Gasteiger charge is -2.05. The zero-order chi connectivity index (χ0) is 15.5. The van der Waals surface area contributed by atoms with Gasteiger partial charge >= 0.3 is 0 Å². The second kappa shape index (κ2) is 6.27. The van der Waals surface area contributed by atoms with E-state index >= 15 is 0 Å². The topological polar surface area (TPSA) is 71.1 Å². The maximum Gasteiger partial charge on any atom is 0.230 e. The zero-order valence-corrected chi connectivity index (χ0v) is 13.1. The molecular weight excluding hydrogens is 298 g/mol. The number of hydrogen-bond acceptors (Lipinski definition) is 4. The molecule has 1 heterocycles. The van der Waals surface area contributed by atoms with Crippen LogP contribution < -0.4 is 10.6 Å². The maximum absolute atomic E-state index is 12.0. The van der Waals surface area contributed by atoms with Crippen molar-refractivity contribution in [3.05, 3.63) is 40.9 Å². The number of amides is 2. The highest BCUT2D eigenvalue weighted by Crippen LogP contribution is 2.40. The van der Waals surface area contributed by atoms with Gasteiger partial charge in [0, 0.05) is 23.9 Å². The molecule has 0 saturated heterocycles. The van der Waals surface area contributed by atoms with Crippen LogP contribution in [0, 0.1) is 0 Å². The van der Waals surface area contributed by atoms with Crippen LogP contribution in [-0.2, 0) is 16.0 Å². The van der Waals surface area contributed by atoms with Crippen LogP contribution in [0.2, 0.25) is 0 Å². The Morgan fingerprint density at radius 2 is 1.95 bits per heavy atom. The summed E-state index contributed by atoms with van der Waals surface area (Å²) in [4.78, 5) is 27.4. The number of carbonyl (C=O) groups is 2. The van der Waals surface area contributed by atoms with Gasteiger partial charge < -0.3 is 10.6 Å². The third kappa shape index (κ3) is 3.92. The van der Waals surface area contributed by atoms with Crippen molar-refractivity contribution < 1.29 is 9.59 Å². The van der Waals surface area contributed by atoms with E-state index in [9.17, 15) is 9.59 Å². The van der Waals surface area contributed by atoms with Crippen molar-refractivity contribution in [2.45, 2.75) is 32.1 Å². The molecule has 6 heteroatoms. The molecule has 3 rings (SSSR count). The fraction of sp³-hybridized carbons (Fsp3) is 0.312. The molecule has 1 fully saturated rings. The van der Waals surface area contributed by atoms with E-state index in [0.717, 1.165) is 16.9 Å². The summed E-state index contributed by atoms with van der Waals surface area (Å²) in [7, 11) is 0. The third-order valence-corrected chi connectivity index (χ3v) is 4.18. The van der Waals surface area contributed by atoms with Gasteiger partial charge in [0.05, 0.1) is 12.1 Å². The molecule has 1 saturated carbocycles. The van der Waals surface area contributed by atoms with E-state index in [1.165, 1.54) is 31.1 Å². The van der Waals surface area contributed by atoms with Gasteiger partial charge in [-0.05, 0) is 30.5 Å². The van der Waals surface area contributed by atoms with E-state index in [2.05, 4.69) is 15.6 Å². The maximum atomic E-state index is 12.0. The molecule has 2 aromatic rings. The average Bonchev–Trinajstić information content (AvgIpc) is 3.21. The normalized spacial score (nSPS) is 13.7. The largest absolute Gasteiger partial charge is 0.326 e. The fourth-order valence-corrected chi connectivity index (χ4v) is 2.98.